The van der Waals surface area contributed by atoms with Gasteiger partial charge in [-0.15, -0.1) is 0 Å². The summed E-state index contributed by atoms with van der Waals surface area (Å²) in [4.78, 5) is 61.9. The van der Waals surface area contributed by atoms with Gasteiger partial charge in [0.2, 0.25) is 0 Å². The summed E-state index contributed by atoms with van der Waals surface area (Å²) in [5.41, 5.74) is 3.78. The molecule has 11 rings (SSSR count). The van der Waals surface area contributed by atoms with Gasteiger partial charge in [0, 0.05) is 92.6 Å². The molecule has 1 amide bonds. The van der Waals surface area contributed by atoms with Gasteiger partial charge in [0.1, 0.15) is 22.8 Å². The number of amides is 1. The third-order valence-corrected chi connectivity index (χ3v) is 14.1. The highest BCUT2D eigenvalue weighted by atomic mass is 19.1. The van der Waals surface area contributed by atoms with Gasteiger partial charge in [-0.05, 0) is 100 Å². The van der Waals surface area contributed by atoms with Gasteiger partial charge < -0.3 is 52.7 Å². The number of aromatic carboxylic acids is 1. The second kappa shape index (κ2) is 20.5. The lowest BCUT2D eigenvalue weighted by molar-refractivity contribution is 0.0303. The monoisotopic (exact) mass is 973 g/mol. The standard InChI is InChI=1S/C29H32FN3O5.C25H25FN2O5/c1-19-18-32(10-13-37-19)27-17-26(34)24-15-20(29(35)31-8-11-36-12-9-31)14-23(28(24)38-27)25-6-3-7-33(25)22-5-2-4-21(30)16-22;1-15-14-27(8-9-32-15)23-13-22(29)20-11-16(25(30)31)10-19(24(20)33-23)21-6-3-7-28(21)18-5-2-4-17(26)12-18/h2,4-5,14-17,19,25H,3,6-13,18H2,1H3;2,4-5,10-13,15,21H,3,6-9,14H2,1H3,(H,30,31)/t19-,25?;15-,21?/m11/s1. The maximum atomic E-state index is 14.2. The Morgan fingerprint density at radius 3 is 1.54 bits per heavy atom. The van der Waals surface area contributed by atoms with Crippen LogP contribution in [0.25, 0.3) is 21.9 Å². The summed E-state index contributed by atoms with van der Waals surface area (Å²) in [6, 6.07) is 21.9. The summed E-state index contributed by atoms with van der Waals surface area (Å²) in [5.74, 6) is -0.929. The first kappa shape index (κ1) is 47.8. The topological polar surface area (TPSA) is 159 Å². The van der Waals surface area contributed by atoms with Crippen LogP contribution in [0, 0.1) is 11.6 Å². The van der Waals surface area contributed by atoms with E-state index in [1.165, 1.54) is 42.5 Å². The van der Waals surface area contributed by atoms with Crippen LogP contribution in [0.3, 0.4) is 0 Å². The van der Waals surface area contributed by atoms with E-state index in [2.05, 4.69) is 4.90 Å². The summed E-state index contributed by atoms with van der Waals surface area (Å²) in [6.07, 6.45) is 3.31. The molecule has 4 aromatic carbocycles. The predicted molar refractivity (Wildman–Crippen MR) is 265 cm³/mol. The second-order valence-corrected chi connectivity index (χ2v) is 18.9. The smallest absolute Gasteiger partial charge is 0.335 e. The van der Waals surface area contributed by atoms with Gasteiger partial charge >= 0.3 is 5.97 Å². The molecule has 2 unspecified atom stereocenters. The summed E-state index contributed by atoms with van der Waals surface area (Å²) < 4.78 is 57.6. The zero-order chi connectivity index (χ0) is 49.3. The van der Waals surface area contributed by atoms with Gasteiger partial charge in [-0.2, -0.15) is 0 Å². The van der Waals surface area contributed by atoms with Crippen LogP contribution in [0.5, 0.6) is 0 Å². The van der Waals surface area contributed by atoms with Crippen LogP contribution in [0.2, 0.25) is 0 Å². The van der Waals surface area contributed by atoms with E-state index >= 15 is 0 Å². The molecule has 1 N–H and O–H groups in total. The molecule has 17 heteroatoms. The van der Waals surface area contributed by atoms with Gasteiger partial charge in [-0.1, -0.05) is 12.1 Å². The molecule has 71 heavy (non-hydrogen) atoms. The molecule has 0 aliphatic carbocycles. The van der Waals surface area contributed by atoms with Gasteiger partial charge in [-0.3, -0.25) is 14.4 Å². The van der Waals surface area contributed by atoms with Gasteiger partial charge in [0.25, 0.3) is 5.91 Å². The Hall–Kier alpha value is -6.82. The van der Waals surface area contributed by atoms with Crippen molar-refractivity contribution < 1.29 is 46.5 Å². The number of rotatable bonds is 8. The van der Waals surface area contributed by atoms with E-state index in [0.29, 0.717) is 117 Å². The zero-order valence-corrected chi connectivity index (χ0v) is 39.8. The van der Waals surface area contributed by atoms with E-state index in [9.17, 15) is 33.1 Å². The molecule has 0 saturated carbocycles. The summed E-state index contributed by atoms with van der Waals surface area (Å²) in [7, 11) is 0. The molecule has 372 valence electrons. The first-order valence-corrected chi connectivity index (χ1v) is 24.5. The fourth-order valence-corrected chi connectivity index (χ4v) is 10.7. The molecule has 5 aliphatic rings. The Labute approximate surface area is 408 Å². The van der Waals surface area contributed by atoms with Crippen LogP contribution in [0.1, 0.15) is 83.5 Å². The number of hydrogen-bond donors (Lipinski definition) is 1. The van der Waals surface area contributed by atoms with Crippen LogP contribution in [-0.4, -0.2) is 113 Å². The van der Waals surface area contributed by atoms with Gasteiger partial charge in [0.05, 0.1) is 67.1 Å². The Bertz CT molecular complexity index is 3090. The third kappa shape index (κ3) is 10.1. The summed E-state index contributed by atoms with van der Waals surface area (Å²) >= 11 is 0. The number of fused-ring (bicyclic) bond motifs is 2. The number of morpholine rings is 3. The molecule has 15 nitrogen and oxygen atoms in total. The first-order valence-electron chi connectivity index (χ1n) is 24.5. The fraction of sp³-hybridized carbons (Fsp3) is 0.407. The van der Waals surface area contributed by atoms with E-state index in [4.69, 9.17) is 23.0 Å². The Balaban J connectivity index is 0.000000166. The van der Waals surface area contributed by atoms with E-state index in [0.717, 1.165) is 43.5 Å². The number of ether oxygens (including phenoxy) is 3. The predicted octanol–water partition coefficient (Wildman–Crippen LogP) is 8.17. The lowest BCUT2D eigenvalue weighted by Crippen LogP contribution is -2.41. The minimum atomic E-state index is -1.11. The Kier molecular flexibility index (Phi) is 13.8. The van der Waals surface area contributed by atoms with Crippen LogP contribution < -0.4 is 30.5 Å². The van der Waals surface area contributed by atoms with E-state index in [1.54, 1.807) is 29.2 Å². The van der Waals surface area contributed by atoms with Crippen LogP contribution >= 0.6 is 0 Å². The fourth-order valence-electron chi connectivity index (χ4n) is 10.7. The molecular weight excluding hydrogens is 917 g/mol. The van der Waals surface area contributed by atoms with Crippen molar-refractivity contribution in [1.82, 2.24) is 4.90 Å². The Morgan fingerprint density at radius 2 is 1.07 bits per heavy atom. The Morgan fingerprint density at radius 1 is 0.592 bits per heavy atom. The van der Waals surface area contributed by atoms with Crippen LogP contribution in [0.15, 0.2) is 103 Å². The SMILES string of the molecule is C[C@@H]1CN(c2cc(=O)c3cc(C(=O)N4CCOCC4)cc(C4CCCN4c4cccc(F)c4)c3o2)CCO1.C[C@@H]1CN(c2cc(=O)c3cc(C(=O)O)cc(C4CCCN4c4cccc(F)c4)c3o2)CCO1. The highest BCUT2D eigenvalue weighted by Crippen LogP contribution is 2.42. The van der Waals surface area contributed by atoms with Crippen molar-refractivity contribution in [2.75, 3.05) is 98.4 Å². The zero-order valence-electron chi connectivity index (χ0n) is 39.8. The molecule has 0 spiro atoms. The average molecular weight is 974 g/mol. The quantitative estimate of drug-likeness (QED) is 0.156. The third-order valence-electron chi connectivity index (χ3n) is 14.1. The number of carboxylic acids is 1. The molecule has 4 atom stereocenters. The first-order chi connectivity index (χ1) is 34.4. The van der Waals surface area contributed by atoms with Crippen molar-refractivity contribution in [1.29, 1.82) is 0 Å². The summed E-state index contributed by atoms with van der Waals surface area (Å²) in [5, 5.41) is 10.3. The number of hydrogen-bond acceptors (Lipinski definition) is 13. The number of nitrogens with zero attached hydrogens (tertiary/aromatic N) is 5. The lowest BCUT2D eigenvalue weighted by atomic mass is 9.97. The summed E-state index contributed by atoms with van der Waals surface area (Å²) in [6.45, 7) is 10.9. The molecule has 6 aromatic rings. The molecule has 5 aliphatic heterocycles. The number of halogens is 2. The number of carbonyl (C=O) groups excluding carboxylic acids is 1. The number of carboxylic acid groups (broad SMARTS) is 1. The number of anilines is 4. The van der Waals surface area contributed by atoms with Gasteiger partial charge in [-0.25, -0.2) is 13.6 Å². The van der Waals surface area contributed by atoms with Crippen molar-refractivity contribution in [2.45, 2.75) is 63.8 Å². The molecule has 5 saturated heterocycles. The van der Waals surface area contributed by atoms with Crippen molar-refractivity contribution in [2.24, 2.45) is 0 Å². The highest BCUT2D eigenvalue weighted by Gasteiger charge is 2.34. The molecule has 5 fully saturated rings. The van der Waals surface area contributed by atoms with Crippen LogP contribution in [-0.2, 0) is 14.2 Å². The van der Waals surface area contributed by atoms with E-state index in [1.807, 2.05) is 46.7 Å². The normalized spacial score (nSPS) is 21.7. The van der Waals surface area contributed by atoms with Crippen molar-refractivity contribution in [3.05, 3.63) is 139 Å². The maximum Gasteiger partial charge on any atom is 0.335 e. The van der Waals surface area contributed by atoms with Crippen molar-refractivity contribution in [3.8, 4) is 0 Å². The minimum absolute atomic E-state index is 0.00639. The largest absolute Gasteiger partial charge is 0.478 e. The molecule has 2 aromatic heterocycles. The number of benzene rings is 4. The highest BCUT2D eigenvalue weighted by molar-refractivity contribution is 5.99. The minimum Gasteiger partial charge on any atom is -0.478 e. The molecule has 0 radical (unpaired) electrons. The van der Waals surface area contributed by atoms with Crippen molar-refractivity contribution in [3.63, 3.8) is 0 Å². The number of carbonyl (C=O) groups is 2. The molecule has 0 bridgehead atoms. The van der Waals surface area contributed by atoms with E-state index in [-0.39, 0.29) is 63.6 Å². The van der Waals surface area contributed by atoms with Crippen LogP contribution in [0.4, 0.5) is 31.9 Å². The maximum absolute atomic E-state index is 14.2. The lowest BCUT2D eigenvalue weighted by Gasteiger charge is -2.32. The second-order valence-electron chi connectivity index (χ2n) is 18.9. The van der Waals surface area contributed by atoms with Gasteiger partial charge in [0.15, 0.2) is 22.6 Å². The molecule has 7 heterocycles. The van der Waals surface area contributed by atoms with Crippen molar-refractivity contribution >= 4 is 57.0 Å². The average Bonchev–Trinajstić information content (AvgIpc) is 4.08. The molecular formula is C54H57F2N5O10. The van der Waals surface area contributed by atoms with E-state index < -0.39 is 5.97 Å².